The smallest absolute Gasteiger partial charge is 0.244 e. The van der Waals surface area contributed by atoms with Crippen LogP contribution in [0.4, 0.5) is 11.4 Å². The molecule has 0 aliphatic heterocycles. The third kappa shape index (κ3) is 4.10. The van der Waals surface area contributed by atoms with Crippen LogP contribution < -0.4 is 15.0 Å². The Balaban J connectivity index is 2.16. The molecule has 0 fully saturated rings. The van der Waals surface area contributed by atoms with Crippen LogP contribution in [-0.4, -0.2) is 25.5 Å². The van der Waals surface area contributed by atoms with E-state index in [-0.39, 0.29) is 18.4 Å². The Bertz CT molecular complexity index is 713. The number of nitrogens with one attached hydrogen (secondary N) is 1. The minimum Gasteiger partial charge on any atom is -0.495 e. The van der Waals surface area contributed by atoms with E-state index in [0.717, 1.165) is 11.3 Å². The van der Waals surface area contributed by atoms with Gasteiger partial charge in [0.2, 0.25) is 11.8 Å². The molecule has 5 nitrogen and oxygen atoms in total. The Kier molecular flexibility index (Phi) is 5.36. The lowest BCUT2D eigenvalue weighted by molar-refractivity contribution is -0.120. The van der Waals surface area contributed by atoms with Crippen molar-refractivity contribution in [3.8, 4) is 5.75 Å². The first-order valence-corrected chi connectivity index (χ1v) is 7.29. The molecule has 0 saturated carbocycles. The van der Waals surface area contributed by atoms with E-state index in [2.05, 4.69) is 5.32 Å². The summed E-state index contributed by atoms with van der Waals surface area (Å²) < 4.78 is 5.21. The van der Waals surface area contributed by atoms with Gasteiger partial charge in [-0.1, -0.05) is 30.3 Å². The lowest BCUT2D eigenvalue weighted by atomic mass is 10.2. The van der Waals surface area contributed by atoms with Gasteiger partial charge in [-0.2, -0.15) is 0 Å². The molecule has 120 valence electrons. The molecule has 2 aromatic carbocycles. The predicted octanol–water partition coefficient (Wildman–Crippen LogP) is 3.00. The number of hydrogen-bond acceptors (Lipinski definition) is 3. The van der Waals surface area contributed by atoms with Crippen molar-refractivity contribution in [2.24, 2.45) is 0 Å². The van der Waals surface area contributed by atoms with Crippen LogP contribution in [0, 0.1) is 6.92 Å². The Labute approximate surface area is 135 Å². The number of benzene rings is 2. The SMILES string of the molecule is COc1ccccc1NC(=O)CN(C(C)=O)c1ccccc1C. The molecule has 23 heavy (non-hydrogen) atoms. The number of carbonyl (C=O) groups is 2. The number of para-hydroxylation sites is 3. The van der Waals surface area contributed by atoms with Gasteiger partial charge in [0.25, 0.3) is 0 Å². The van der Waals surface area contributed by atoms with E-state index < -0.39 is 0 Å². The molecular formula is C18H20N2O3. The van der Waals surface area contributed by atoms with Crippen LogP contribution in [-0.2, 0) is 9.59 Å². The van der Waals surface area contributed by atoms with Crippen molar-refractivity contribution in [3.63, 3.8) is 0 Å². The van der Waals surface area contributed by atoms with Gasteiger partial charge in [-0.05, 0) is 30.7 Å². The van der Waals surface area contributed by atoms with Crippen LogP contribution in [0.25, 0.3) is 0 Å². The molecule has 1 N–H and O–H groups in total. The van der Waals surface area contributed by atoms with Crippen molar-refractivity contribution in [1.29, 1.82) is 0 Å². The maximum absolute atomic E-state index is 12.3. The number of ether oxygens (including phenoxy) is 1. The highest BCUT2D eigenvalue weighted by Crippen LogP contribution is 2.24. The zero-order chi connectivity index (χ0) is 16.8. The van der Waals surface area contributed by atoms with E-state index in [9.17, 15) is 9.59 Å². The molecule has 0 saturated heterocycles. The minimum absolute atomic E-state index is 0.0573. The van der Waals surface area contributed by atoms with Crippen molar-refractivity contribution in [3.05, 3.63) is 54.1 Å². The van der Waals surface area contributed by atoms with Crippen molar-refractivity contribution in [2.75, 3.05) is 23.9 Å². The molecule has 0 aliphatic carbocycles. The van der Waals surface area contributed by atoms with Crippen molar-refractivity contribution < 1.29 is 14.3 Å². The number of carbonyl (C=O) groups excluding carboxylic acids is 2. The van der Waals surface area contributed by atoms with Gasteiger partial charge in [0.05, 0.1) is 12.8 Å². The largest absolute Gasteiger partial charge is 0.495 e. The van der Waals surface area contributed by atoms with Crippen LogP contribution in [0.5, 0.6) is 5.75 Å². The Hall–Kier alpha value is -2.82. The second-order valence-electron chi connectivity index (χ2n) is 5.14. The number of aryl methyl sites for hydroxylation is 1. The summed E-state index contributed by atoms with van der Waals surface area (Å²) in [6.07, 6.45) is 0. The Morgan fingerprint density at radius 2 is 1.74 bits per heavy atom. The van der Waals surface area contributed by atoms with E-state index in [0.29, 0.717) is 11.4 Å². The van der Waals surface area contributed by atoms with Crippen LogP contribution in [0.1, 0.15) is 12.5 Å². The highest BCUT2D eigenvalue weighted by molar-refractivity contribution is 6.02. The minimum atomic E-state index is -0.284. The van der Waals surface area contributed by atoms with Crippen LogP contribution >= 0.6 is 0 Å². The van der Waals surface area contributed by atoms with Gasteiger partial charge in [0, 0.05) is 12.6 Å². The molecule has 0 spiro atoms. The van der Waals surface area contributed by atoms with Gasteiger partial charge in [-0.25, -0.2) is 0 Å². The predicted molar refractivity (Wildman–Crippen MR) is 90.8 cm³/mol. The Morgan fingerprint density at radius 3 is 2.39 bits per heavy atom. The van der Waals surface area contributed by atoms with E-state index in [1.807, 2.05) is 43.3 Å². The molecule has 2 rings (SSSR count). The number of rotatable bonds is 5. The zero-order valence-electron chi connectivity index (χ0n) is 13.5. The number of hydrogen-bond donors (Lipinski definition) is 1. The third-order valence-corrected chi connectivity index (χ3v) is 3.47. The molecule has 0 atom stereocenters. The van der Waals surface area contributed by atoms with Crippen LogP contribution in [0.15, 0.2) is 48.5 Å². The summed E-state index contributed by atoms with van der Waals surface area (Å²) in [7, 11) is 1.54. The van der Waals surface area contributed by atoms with Gasteiger partial charge in [-0.3, -0.25) is 9.59 Å². The van der Waals surface area contributed by atoms with Gasteiger partial charge in [-0.15, -0.1) is 0 Å². The molecule has 2 amide bonds. The summed E-state index contributed by atoms with van der Waals surface area (Å²) in [5, 5.41) is 2.78. The second kappa shape index (κ2) is 7.45. The summed E-state index contributed by atoms with van der Waals surface area (Å²) in [5.41, 5.74) is 2.25. The van der Waals surface area contributed by atoms with Gasteiger partial charge in [0.1, 0.15) is 12.3 Å². The van der Waals surface area contributed by atoms with E-state index in [1.165, 1.54) is 11.8 Å². The zero-order valence-corrected chi connectivity index (χ0v) is 13.5. The average molecular weight is 312 g/mol. The number of amides is 2. The summed E-state index contributed by atoms with van der Waals surface area (Å²) in [6, 6.07) is 14.6. The van der Waals surface area contributed by atoms with E-state index in [4.69, 9.17) is 4.74 Å². The van der Waals surface area contributed by atoms with Crippen LogP contribution in [0.3, 0.4) is 0 Å². The first-order valence-electron chi connectivity index (χ1n) is 7.29. The standard InChI is InChI=1S/C18H20N2O3/c1-13-8-4-6-10-16(13)20(14(2)21)12-18(22)19-15-9-5-7-11-17(15)23-3/h4-11H,12H2,1-3H3,(H,19,22). The topological polar surface area (TPSA) is 58.6 Å². The molecule has 0 bridgehead atoms. The average Bonchev–Trinajstić information content (AvgIpc) is 2.53. The van der Waals surface area contributed by atoms with Crippen LogP contribution in [0.2, 0.25) is 0 Å². The van der Waals surface area contributed by atoms with Crippen molar-refractivity contribution in [2.45, 2.75) is 13.8 Å². The molecule has 5 heteroatoms. The number of methoxy groups -OCH3 is 1. The molecular weight excluding hydrogens is 292 g/mol. The second-order valence-corrected chi connectivity index (χ2v) is 5.14. The normalized spacial score (nSPS) is 10.0. The summed E-state index contributed by atoms with van der Waals surface area (Å²) in [6.45, 7) is 3.30. The lowest BCUT2D eigenvalue weighted by Gasteiger charge is -2.22. The highest BCUT2D eigenvalue weighted by Gasteiger charge is 2.18. The monoisotopic (exact) mass is 312 g/mol. The molecule has 0 aliphatic rings. The fraction of sp³-hybridized carbons (Fsp3) is 0.222. The maximum atomic E-state index is 12.3. The first kappa shape index (κ1) is 16.5. The molecule has 0 radical (unpaired) electrons. The summed E-state index contributed by atoms with van der Waals surface area (Å²) >= 11 is 0. The van der Waals surface area contributed by atoms with Gasteiger partial charge in [0.15, 0.2) is 0 Å². The number of nitrogens with zero attached hydrogens (tertiary/aromatic N) is 1. The van der Waals surface area contributed by atoms with Crippen molar-refractivity contribution in [1.82, 2.24) is 0 Å². The quantitative estimate of drug-likeness (QED) is 0.923. The molecule has 0 heterocycles. The highest BCUT2D eigenvalue weighted by atomic mass is 16.5. The first-order chi connectivity index (χ1) is 11.0. The van der Waals surface area contributed by atoms with Gasteiger partial charge < -0.3 is 15.0 Å². The number of anilines is 2. The molecule has 0 unspecified atom stereocenters. The fourth-order valence-electron chi connectivity index (χ4n) is 2.31. The molecule has 2 aromatic rings. The fourth-order valence-corrected chi connectivity index (χ4v) is 2.31. The van der Waals surface area contributed by atoms with E-state index in [1.54, 1.807) is 19.2 Å². The summed E-state index contributed by atoms with van der Waals surface area (Å²) in [5.74, 6) is 0.105. The lowest BCUT2D eigenvalue weighted by Crippen LogP contribution is -2.37. The Morgan fingerprint density at radius 1 is 1.09 bits per heavy atom. The maximum Gasteiger partial charge on any atom is 0.244 e. The third-order valence-electron chi connectivity index (χ3n) is 3.47. The summed E-state index contributed by atoms with van der Waals surface area (Å²) in [4.78, 5) is 25.7. The van der Waals surface area contributed by atoms with E-state index >= 15 is 0 Å². The van der Waals surface area contributed by atoms with Crippen molar-refractivity contribution >= 4 is 23.2 Å². The van der Waals surface area contributed by atoms with Gasteiger partial charge >= 0.3 is 0 Å². The molecule has 0 aromatic heterocycles.